The highest BCUT2D eigenvalue weighted by Gasteiger charge is 2.02. The molecular weight excluding hydrogens is 235 g/mol. The van der Waals surface area contributed by atoms with Gasteiger partial charge in [-0.2, -0.15) is 0 Å². The number of halogens is 2. The number of hydrogen-bond acceptors (Lipinski definition) is 2. The molecule has 15 heavy (non-hydrogen) atoms. The molecule has 0 aromatic heterocycles. The minimum absolute atomic E-state index is 0.384. The van der Waals surface area contributed by atoms with Crippen LogP contribution in [0, 0.1) is 0 Å². The van der Waals surface area contributed by atoms with Crippen molar-refractivity contribution in [2.45, 2.75) is 0 Å². The number of aldehydes is 1. The fourth-order valence-electron chi connectivity index (χ4n) is 1.01. The van der Waals surface area contributed by atoms with Crippen LogP contribution in [0.25, 0.3) is 0 Å². The second-order valence-corrected chi connectivity index (χ2v) is 3.48. The first kappa shape index (κ1) is 12.1. The summed E-state index contributed by atoms with van der Waals surface area (Å²) in [4.78, 5) is 10.7. The van der Waals surface area contributed by atoms with Crippen molar-refractivity contribution in [2.75, 3.05) is 12.5 Å². The van der Waals surface area contributed by atoms with E-state index in [1.807, 2.05) is 0 Å². The van der Waals surface area contributed by atoms with Gasteiger partial charge in [0.25, 0.3) is 0 Å². The van der Waals surface area contributed by atoms with E-state index < -0.39 is 0 Å². The molecule has 0 radical (unpaired) electrons. The number of rotatable bonds is 5. The monoisotopic (exact) mass is 244 g/mol. The third-order valence-electron chi connectivity index (χ3n) is 1.69. The molecule has 0 aliphatic carbocycles. The van der Waals surface area contributed by atoms with E-state index in [0.29, 0.717) is 35.1 Å². The summed E-state index contributed by atoms with van der Waals surface area (Å²) >= 11 is 11.2. The lowest BCUT2D eigenvalue weighted by Crippen LogP contribution is -1.97. The third kappa shape index (κ3) is 3.94. The Morgan fingerprint density at radius 3 is 2.80 bits per heavy atom. The van der Waals surface area contributed by atoms with Gasteiger partial charge in [-0.15, -0.1) is 11.6 Å². The first-order valence-corrected chi connectivity index (χ1v) is 5.27. The highest BCUT2D eigenvalue weighted by molar-refractivity contribution is 6.30. The predicted molar refractivity (Wildman–Crippen MR) is 62.2 cm³/mol. The Balaban J connectivity index is 2.67. The Hall–Kier alpha value is -0.990. The van der Waals surface area contributed by atoms with Gasteiger partial charge in [-0.05, 0) is 18.2 Å². The van der Waals surface area contributed by atoms with Crippen LogP contribution < -0.4 is 4.74 Å². The molecule has 0 aliphatic rings. The average Bonchev–Trinajstić information content (AvgIpc) is 2.26. The van der Waals surface area contributed by atoms with Gasteiger partial charge in [-0.1, -0.05) is 23.8 Å². The van der Waals surface area contributed by atoms with Crippen LogP contribution in [0.15, 0.2) is 30.4 Å². The van der Waals surface area contributed by atoms with E-state index in [1.165, 1.54) is 0 Å². The summed E-state index contributed by atoms with van der Waals surface area (Å²) in [5, 5.41) is 0.515. The van der Waals surface area contributed by atoms with Crippen molar-refractivity contribution in [3.05, 3.63) is 40.9 Å². The summed E-state index contributed by atoms with van der Waals surface area (Å²) in [6.07, 6.45) is 4.28. The molecule has 1 rings (SSSR count). The summed E-state index contributed by atoms with van der Waals surface area (Å²) in [6, 6.07) is 4.91. The molecule has 0 saturated carbocycles. The topological polar surface area (TPSA) is 26.3 Å². The first-order valence-electron chi connectivity index (χ1n) is 4.36. The minimum atomic E-state index is 0.384. The maximum Gasteiger partial charge on any atom is 0.153 e. The maximum atomic E-state index is 10.7. The predicted octanol–water partition coefficient (Wildman–Crippen LogP) is 3.33. The largest absolute Gasteiger partial charge is 0.489 e. The van der Waals surface area contributed by atoms with E-state index >= 15 is 0 Å². The summed E-state index contributed by atoms with van der Waals surface area (Å²) in [5.74, 6) is 0.971. The normalized spacial score (nSPS) is 10.5. The zero-order valence-electron chi connectivity index (χ0n) is 7.95. The van der Waals surface area contributed by atoms with Gasteiger partial charge in [-0.3, -0.25) is 4.79 Å². The maximum absolute atomic E-state index is 10.7. The van der Waals surface area contributed by atoms with E-state index in [4.69, 9.17) is 27.9 Å². The molecular formula is C11H10Cl2O2. The standard InChI is InChI=1S/C11H10Cl2O2/c12-5-1-2-6-15-11-4-3-10(13)7-9(11)8-14/h1-4,7-8H,5-6H2/b2-1+. The lowest BCUT2D eigenvalue weighted by atomic mass is 10.2. The first-order chi connectivity index (χ1) is 7.27. The van der Waals surface area contributed by atoms with Gasteiger partial charge in [0, 0.05) is 10.9 Å². The number of hydrogen-bond donors (Lipinski definition) is 0. The van der Waals surface area contributed by atoms with Crippen molar-refractivity contribution in [1.29, 1.82) is 0 Å². The van der Waals surface area contributed by atoms with Crippen molar-refractivity contribution in [3.63, 3.8) is 0 Å². The molecule has 0 heterocycles. The highest BCUT2D eigenvalue weighted by Crippen LogP contribution is 2.21. The Morgan fingerprint density at radius 2 is 2.13 bits per heavy atom. The molecule has 0 spiro atoms. The fraction of sp³-hybridized carbons (Fsp3) is 0.182. The molecule has 0 N–H and O–H groups in total. The summed E-state index contributed by atoms with van der Waals surface area (Å²) in [5.41, 5.74) is 0.446. The fourth-order valence-corrected chi connectivity index (χ4v) is 1.32. The summed E-state index contributed by atoms with van der Waals surface area (Å²) in [6.45, 7) is 0.384. The van der Waals surface area contributed by atoms with Crippen molar-refractivity contribution in [3.8, 4) is 5.75 Å². The van der Waals surface area contributed by atoms with Gasteiger partial charge in [-0.25, -0.2) is 0 Å². The molecule has 0 amide bonds. The molecule has 80 valence electrons. The van der Waals surface area contributed by atoms with Gasteiger partial charge >= 0.3 is 0 Å². The number of allylic oxidation sites excluding steroid dienone is 1. The van der Waals surface area contributed by atoms with Gasteiger partial charge in [0.1, 0.15) is 12.4 Å². The van der Waals surface area contributed by atoms with Gasteiger partial charge < -0.3 is 4.74 Å². The van der Waals surface area contributed by atoms with Gasteiger partial charge in [0.2, 0.25) is 0 Å². The van der Waals surface area contributed by atoms with E-state index in [1.54, 1.807) is 30.4 Å². The van der Waals surface area contributed by atoms with Crippen LogP contribution in [-0.4, -0.2) is 18.8 Å². The van der Waals surface area contributed by atoms with E-state index in [0.717, 1.165) is 0 Å². The van der Waals surface area contributed by atoms with E-state index in [-0.39, 0.29) is 0 Å². The second-order valence-electron chi connectivity index (χ2n) is 2.74. The molecule has 2 nitrogen and oxygen atoms in total. The quantitative estimate of drug-likeness (QED) is 0.452. The van der Waals surface area contributed by atoms with Crippen molar-refractivity contribution >= 4 is 29.5 Å². The zero-order chi connectivity index (χ0) is 11.1. The van der Waals surface area contributed by atoms with Crippen LogP contribution >= 0.6 is 23.2 Å². The van der Waals surface area contributed by atoms with Crippen LogP contribution in [-0.2, 0) is 0 Å². The van der Waals surface area contributed by atoms with Crippen molar-refractivity contribution in [2.24, 2.45) is 0 Å². The Kier molecular flexibility index (Phi) is 5.22. The van der Waals surface area contributed by atoms with Crippen LogP contribution in [0.2, 0.25) is 5.02 Å². The lowest BCUT2D eigenvalue weighted by Gasteiger charge is -2.05. The summed E-state index contributed by atoms with van der Waals surface area (Å²) in [7, 11) is 0. The molecule has 1 aromatic carbocycles. The molecule has 0 fully saturated rings. The molecule has 4 heteroatoms. The number of carbonyl (C=O) groups is 1. The average molecular weight is 245 g/mol. The molecule has 0 bridgehead atoms. The Morgan fingerprint density at radius 1 is 1.33 bits per heavy atom. The molecule has 0 aliphatic heterocycles. The molecule has 0 saturated heterocycles. The molecule has 1 aromatic rings. The van der Waals surface area contributed by atoms with E-state index in [9.17, 15) is 4.79 Å². The number of benzene rings is 1. The zero-order valence-corrected chi connectivity index (χ0v) is 9.46. The van der Waals surface area contributed by atoms with Crippen molar-refractivity contribution < 1.29 is 9.53 Å². The lowest BCUT2D eigenvalue weighted by molar-refractivity contribution is 0.112. The SMILES string of the molecule is O=Cc1cc(Cl)ccc1OC/C=C/CCl. The third-order valence-corrected chi connectivity index (χ3v) is 2.10. The Bertz CT molecular complexity index is 362. The number of ether oxygens (including phenoxy) is 1. The number of carbonyl (C=O) groups excluding carboxylic acids is 1. The molecule has 0 atom stereocenters. The second kappa shape index (κ2) is 6.49. The van der Waals surface area contributed by atoms with Crippen LogP contribution in [0.5, 0.6) is 5.75 Å². The van der Waals surface area contributed by atoms with Crippen LogP contribution in [0.1, 0.15) is 10.4 Å². The van der Waals surface area contributed by atoms with Crippen molar-refractivity contribution in [1.82, 2.24) is 0 Å². The Labute approximate surface area is 98.4 Å². The smallest absolute Gasteiger partial charge is 0.153 e. The van der Waals surface area contributed by atoms with Crippen LogP contribution in [0.4, 0.5) is 0 Å². The van der Waals surface area contributed by atoms with Gasteiger partial charge in [0.05, 0.1) is 5.56 Å². The van der Waals surface area contributed by atoms with E-state index in [2.05, 4.69) is 0 Å². The van der Waals surface area contributed by atoms with Crippen LogP contribution in [0.3, 0.4) is 0 Å². The van der Waals surface area contributed by atoms with Gasteiger partial charge in [0.15, 0.2) is 6.29 Å². The molecule has 0 unspecified atom stereocenters. The number of alkyl halides is 1. The minimum Gasteiger partial charge on any atom is -0.489 e. The summed E-state index contributed by atoms with van der Waals surface area (Å²) < 4.78 is 5.35. The highest BCUT2D eigenvalue weighted by atomic mass is 35.5.